The van der Waals surface area contributed by atoms with Crippen LogP contribution in [0.3, 0.4) is 0 Å². The second-order valence-electron chi connectivity index (χ2n) is 10.2. The molecule has 42 heavy (non-hydrogen) atoms. The summed E-state index contributed by atoms with van der Waals surface area (Å²) in [6.07, 6.45) is 3.26. The zero-order valence-corrected chi connectivity index (χ0v) is 23.4. The van der Waals surface area contributed by atoms with Crippen LogP contribution in [0.15, 0.2) is 78.1 Å². The molecule has 1 aromatic heterocycles. The summed E-state index contributed by atoms with van der Waals surface area (Å²) in [6, 6.07) is 19.1. The Morgan fingerprint density at radius 2 is 1.76 bits per heavy atom. The molecule has 11 heteroatoms. The third kappa shape index (κ3) is 6.83. The molecule has 0 radical (unpaired) electrons. The Labute approximate surface area is 246 Å². The number of nitrogens with one attached hydrogen (secondary N) is 2. The second-order valence-corrected chi connectivity index (χ2v) is 10.6. The van der Waals surface area contributed by atoms with Crippen LogP contribution < -0.4 is 10.6 Å². The molecule has 0 aliphatic heterocycles. The number of aromatic nitrogens is 1. The predicted octanol–water partition coefficient (Wildman–Crippen LogP) is 4.94. The molecule has 2 N–H and O–H groups in total. The Morgan fingerprint density at radius 1 is 0.976 bits per heavy atom. The lowest BCUT2D eigenvalue weighted by molar-refractivity contribution is -0.137. The molecule has 1 fully saturated rings. The lowest BCUT2D eigenvalue weighted by atomic mass is 10.1. The van der Waals surface area contributed by atoms with Crippen molar-refractivity contribution in [3.63, 3.8) is 0 Å². The van der Waals surface area contributed by atoms with Crippen molar-refractivity contribution in [1.29, 1.82) is 0 Å². The summed E-state index contributed by atoms with van der Waals surface area (Å²) >= 11 is 5.82. The Bertz CT molecular complexity index is 1640. The Kier molecular flexibility index (Phi) is 8.92. The number of nitrogens with zero attached hydrogens (tertiary/aromatic N) is 3. The van der Waals surface area contributed by atoms with Crippen LogP contribution in [0.25, 0.3) is 10.9 Å². The fourth-order valence-electron chi connectivity index (χ4n) is 4.85. The molecular weight excluding hydrogens is 561 g/mol. The van der Waals surface area contributed by atoms with E-state index in [0.29, 0.717) is 28.6 Å². The Morgan fingerprint density at radius 3 is 2.50 bits per heavy atom. The van der Waals surface area contributed by atoms with E-state index >= 15 is 0 Å². The zero-order chi connectivity index (χ0) is 29.6. The van der Waals surface area contributed by atoms with E-state index in [9.17, 15) is 23.7 Å². The van der Waals surface area contributed by atoms with Crippen molar-refractivity contribution in [2.45, 2.75) is 45.1 Å². The van der Waals surface area contributed by atoms with Crippen LogP contribution in [0.2, 0.25) is 5.02 Å². The normalized spacial score (nSPS) is 12.6. The molecule has 1 aliphatic carbocycles. The summed E-state index contributed by atoms with van der Waals surface area (Å²) in [5.74, 6) is -1.54. The molecule has 0 unspecified atom stereocenters. The SMILES string of the molecule is O=NCc1cn(CC(=O)N(CC(=O)NCc2cccc(Cl)c2F)C2CC2)c2ccc(C(=O)NCc3ccccc3)cc12. The minimum Gasteiger partial charge on any atom is -0.350 e. The van der Waals surface area contributed by atoms with Gasteiger partial charge in [-0.15, -0.1) is 0 Å². The average molecular weight is 590 g/mol. The summed E-state index contributed by atoms with van der Waals surface area (Å²) in [5.41, 5.74) is 2.89. The van der Waals surface area contributed by atoms with Crippen LogP contribution in [0.4, 0.5) is 4.39 Å². The van der Waals surface area contributed by atoms with E-state index in [1.807, 2.05) is 30.3 Å². The Balaban J connectivity index is 1.28. The third-order valence-electron chi connectivity index (χ3n) is 7.19. The molecule has 9 nitrogen and oxygen atoms in total. The highest BCUT2D eigenvalue weighted by atomic mass is 35.5. The van der Waals surface area contributed by atoms with Gasteiger partial charge in [-0.1, -0.05) is 59.2 Å². The number of hydrogen-bond acceptors (Lipinski definition) is 5. The first-order chi connectivity index (χ1) is 20.3. The number of benzene rings is 3. The highest BCUT2D eigenvalue weighted by molar-refractivity contribution is 6.30. The third-order valence-corrected chi connectivity index (χ3v) is 7.48. The number of fused-ring (bicyclic) bond motifs is 1. The van der Waals surface area contributed by atoms with Gasteiger partial charge in [-0.05, 0) is 42.7 Å². The van der Waals surface area contributed by atoms with Crippen molar-refractivity contribution in [3.05, 3.63) is 111 Å². The number of amides is 3. The van der Waals surface area contributed by atoms with Crippen LogP contribution in [0.5, 0.6) is 0 Å². The lowest BCUT2D eigenvalue weighted by Gasteiger charge is -2.22. The standard InChI is InChI=1S/C31H29ClFN5O4/c32-26-8-4-7-22(30(26)33)15-34-28(39)18-38(24-10-11-24)29(40)19-37-17-23(16-36-42)25-13-21(9-12-27(25)37)31(41)35-14-20-5-2-1-3-6-20/h1-9,12-13,17,24H,10-11,14-16,18-19H2,(H,34,39)(H,35,41). The maximum Gasteiger partial charge on any atom is 0.251 e. The number of halogens is 2. The number of nitroso groups, excluding NO2 is 1. The molecule has 0 atom stereocenters. The molecule has 1 aliphatic rings. The summed E-state index contributed by atoms with van der Waals surface area (Å²) < 4.78 is 15.9. The number of carbonyl (C=O) groups excluding carboxylic acids is 3. The highest BCUT2D eigenvalue weighted by Gasteiger charge is 2.34. The van der Waals surface area contributed by atoms with Crippen LogP contribution in [-0.4, -0.2) is 39.8 Å². The van der Waals surface area contributed by atoms with Crippen molar-refractivity contribution in [1.82, 2.24) is 20.1 Å². The van der Waals surface area contributed by atoms with Crippen LogP contribution >= 0.6 is 11.6 Å². The first-order valence-electron chi connectivity index (χ1n) is 13.6. The molecule has 216 valence electrons. The minimum absolute atomic E-state index is 0.0282. The van der Waals surface area contributed by atoms with E-state index in [-0.39, 0.29) is 54.6 Å². The van der Waals surface area contributed by atoms with E-state index in [4.69, 9.17) is 11.6 Å². The Hall–Kier alpha value is -4.57. The minimum atomic E-state index is -0.591. The average Bonchev–Trinajstić information content (AvgIpc) is 3.79. The van der Waals surface area contributed by atoms with Crippen molar-refractivity contribution in [3.8, 4) is 0 Å². The number of carbonyl (C=O) groups is 3. The van der Waals surface area contributed by atoms with Crippen LogP contribution in [-0.2, 0) is 35.8 Å². The first-order valence-corrected chi connectivity index (χ1v) is 13.9. The van der Waals surface area contributed by atoms with Gasteiger partial charge in [0.1, 0.15) is 18.9 Å². The molecule has 0 spiro atoms. The maximum absolute atomic E-state index is 14.2. The molecular formula is C31H29ClFN5O4. The lowest BCUT2D eigenvalue weighted by Crippen LogP contribution is -2.43. The van der Waals surface area contributed by atoms with E-state index in [0.717, 1.165) is 18.4 Å². The molecule has 3 aromatic carbocycles. The van der Waals surface area contributed by atoms with Gasteiger partial charge >= 0.3 is 0 Å². The summed E-state index contributed by atoms with van der Waals surface area (Å²) in [6.45, 7) is -0.0410. The fraction of sp³-hybridized carbons (Fsp3) is 0.258. The number of hydrogen-bond donors (Lipinski definition) is 2. The molecule has 5 rings (SSSR count). The van der Waals surface area contributed by atoms with Crippen LogP contribution in [0, 0.1) is 10.7 Å². The zero-order valence-electron chi connectivity index (χ0n) is 22.7. The first kappa shape index (κ1) is 28.9. The maximum atomic E-state index is 14.2. The van der Waals surface area contributed by atoms with E-state index < -0.39 is 11.7 Å². The van der Waals surface area contributed by atoms with E-state index in [1.54, 1.807) is 35.0 Å². The van der Waals surface area contributed by atoms with Gasteiger partial charge in [-0.3, -0.25) is 14.4 Å². The van der Waals surface area contributed by atoms with Gasteiger partial charge in [0.2, 0.25) is 11.8 Å². The van der Waals surface area contributed by atoms with Crippen molar-refractivity contribution in [2.75, 3.05) is 6.54 Å². The number of rotatable bonds is 12. The van der Waals surface area contributed by atoms with Crippen molar-refractivity contribution in [2.24, 2.45) is 5.18 Å². The van der Waals surface area contributed by atoms with Gasteiger partial charge in [-0.25, -0.2) is 4.39 Å². The quantitative estimate of drug-likeness (QED) is 0.228. The summed E-state index contributed by atoms with van der Waals surface area (Å²) in [4.78, 5) is 51.6. The van der Waals surface area contributed by atoms with Crippen molar-refractivity contribution < 1.29 is 18.8 Å². The van der Waals surface area contributed by atoms with E-state index in [2.05, 4.69) is 15.8 Å². The van der Waals surface area contributed by atoms with Gasteiger partial charge in [0.15, 0.2) is 0 Å². The monoisotopic (exact) mass is 589 g/mol. The van der Waals surface area contributed by atoms with Gasteiger partial charge in [0.05, 0.1) is 11.6 Å². The molecule has 0 bridgehead atoms. The van der Waals surface area contributed by atoms with Gasteiger partial charge in [0, 0.05) is 52.9 Å². The molecule has 1 heterocycles. The van der Waals surface area contributed by atoms with Gasteiger partial charge < -0.3 is 20.1 Å². The smallest absolute Gasteiger partial charge is 0.251 e. The largest absolute Gasteiger partial charge is 0.350 e. The predicted molar refractivity (Wildman–Crippen MR) is 157 cm³/mol. The summed E-state index contributed by atoms with van der Waals surface area (Å²) in [5, 5.41) is 9.20. The summed E-state index contributed by atoms with van der Waals surface area (Å²) in [7, 11) is 0. The molecule has 0 saturated heterocycles. The van der Waals surface area contributed by atoms with Gasteiger partial charge in [-0.2, -0.15) is 4.91 Å². The van der Waals surface area contributed by atoms with Gasteiger partial charge in [0.25, 0.3) is 5.91 Å². The fourth-order valence-corrected chi connectivity index (χ4v) is 5.05. The van der Waals surface area contributed by atoms with Crippen LogP contribution in [0.1, 0.15) is 39.9 Å². The molecule has 1 saturated carbocycles. The molecule has 4 aromatic rings. The highest BCUT2D eigenvalue weighted by Crippen LogP contribution is 2.28. The van der Waals surface area contributed by atoms with Crippen molar-refractivity contribution >= 4 is 40.2 Å². The molecule has 3 amide bonds. The topological polar surface area (TPSA) is 113 Å². The van der Waals surface area contributed by atoms with E-state index in [1.165, 1.54) is 17.0 Å². The second kappa shape index (κ2) is 12.9.